The van der Waals surface area contributed by atoms with E-state index in [0.29, 0.717) is 46.6 Å². The molecule has 0 bridgehead atoms. The van der Waals surface area contributed by atoms with Gasteiger partial charge >= 0.3 is 11.5 Å². The van der Waals surface area contributed by atoms with Gasteiger partial charge in [-0.2, -0.15) is 8.78 Å². The molecule has 2 amide bonds. The third-order valence-corrected chi connectivity index (χ3v) is 9.59. The van der Waals surface area contributed by atoms with Crippen LogP contribution in [-0.4, -0.2) is 42.1 Å². The van der Waals surface area contributed by atoms with E-state index in [2.05, 4.69) is 15.9 Å². The molecule has 1 N–H and O–H groups in total. The quantitative estimate of drug-likeness (QED) is 0.269. The van der Waals surface area contributed by atoms with Crippen LogP contribution in [0.2, 0.25) is 10.0 Å². The van der Waals surface area contributed by atoms with Crippen LogP contribution >= 0.6 is 62.5 Å². The molecule has 5 rings (SSSR count). The molecule has 216 valence electrons. The predicted octanol–water partition coefficient (Wildman–Crippen LogP) is 7.39. The number of ether oxygens (including phenoxy) is 2. The monoisotopic (exact) mass is 707 g/mol. The largest absolute Gasteiger partial charge is 0.493 e. The minimum atomic E-state index is -3.91. The lowest BCUT2D eigenvalue weighted by atomic mass is 10.1. The second-order valence-electron chi connectivity index (χ2n) is 9.06. The Morgan fingerprint density at radius 1 is 1.20 bits per heavy atom. The van der Waals surface area contributed by atoms with Gasteiger partial charge in [-0.05, 0) is 69.3 Å². The molecule has 1 saturated heterocycles. The zero-order chi connectivity index (χ0) is 29.6. The Labute approximate surface area is 260 Å². The number of halogens is 6. The molecule has 0 saturated carbocycles. The summed E-state index contributed by atoms with van der Waals surface area (Å²) in [6.45, 7) is 0.867. The highest BCUT2D eigenvalue weighted by Crippen LogP contribution is 2.45. The molecular formula is C26H19BrCl3F2N3O5S. The number of fused-ring (bicyclic) bond motifs is 1. The maximum absolute atomic E-state index is 14.0. The van der Waals surface area contributed by atoms with E-state index in [1.165, 1.54) is 16.9 Å². The van der Waals surface area contributed by atoms with E-state index in [1.54, 1.807) is 24.3 Å². The average molecular weight is 710 g/mol. The molecule has 3 heterocycles. The van der Waals surface area contributed by atoms with Crippen molar-refractivity contribution < 1.29 is 27.8 Å². The van der Waals surface area contributed by atoms with Gasteiger partial charge in [0.1, 0.15) is 11.3 Å². The Balaban J connectivity index is 1.55. The maximum atomic E-state index is 14.0. The molecule has 0 radical (unpaired) electrons. The van der Waals surface area contributed by atoms with Crippen molar-refractivity contribution in [2.45, 2.75) is 34.7 Å². The van der Waals surface area contributed by atoms with E-state index >= 15 is 0 Å². The summed E-state index contributed by atoms with van der Waals surface area (Å²) in [5.74, 6) is -0.338. The van der Waals surface area contributed by atoms with E-state index in [1.807, 2.05) is 4.98 Å². The van der Waals surface area contributed by atoms with Crippen molar-refractivity contribution in [2.24, 2.45) is 0 Å². The highest BCUT2D eigenvalue weighted by Gasteiger charge is 2.36. The lowest BCUT2D eigenvalue weighted by Gasteiger charge is -2.28. The van der Waals surface area contributed by atoms with E-state index in [4.69, 9.17) is 44.3 Å². The number of nitrogens with one attached hydrogen (secondary N) is 1. The standard InChI is InChI=1S/C26H19BrCl3F2N3O5S/c1-39-21-16(35-6-3-7-40-25(35)38)8-12-10-34(11-13(12)20(21)27)24(37)19-17(9-18(26(30,31)32)33-23(19)36)41-22-14(28)4-2-5-15(22)29/h2,4-5,8-9H,3,6-7,10-11H2,1H3,(H,33,36). The van der Waals surface area contributed by atoms with Crippen LogP contribution in [0.3, 0.4) is 0 Å². The van der Waals surface area contributed by atoms with Gasteiger partial charge in [0, 0.05) is 29.4 Å². The number of cyclic esters (lactones) is 1. The molecule has 2 aliphatic heterocycles. The van der Waals surface area contributed by atoms with Gasteiger partial charge in [0.05, 0.1) is 33.9 Å². The molecule has 3 aromatic rings. The molecule has 0 atom stereocenters. The molecule has 0 aliphatic carbocycles. The molecular weight excluding hydrogens is 691 g/mol. The lowest BCUT2D eigenvalue weighted by molar-refractivity contribution is 0.0740. The van der Waals surface area contributed by atoms with Gasteiger partial charge in [-0.1, -0.05) is 41.0 Å². The first-order chi connectivity index (χ1) is 19.4. The lowest BCUT2D eigenvalue weighted by Crippen LogP contribution is -2.38. The number of carbonyl (C=O) groups is 2. The minimum absolute atomic E-state index is 0.0659. The number of methoxy groups -OCH3 is 1. The second kappa shape index (κ2) is 11.6. The molecule has 15 heteroatoms. The zero-order valence-corrected chi connectivity index (χ0v) is 25.7. The number of anilines is 1. The summed E-state index contributed by atoms with van der Waals surface area (Å²) in [4.78, 5) is 44.5. The van der Waals surface area contributed by atoms with E-state index in [-0.39, 0.29) is 38.5 Å². The van der Waals surface area contributed by atoms with E-state index < -0.39 is 28.6 Å². The minimum Gasteiger partial charge on any atom is -0.493 e. The first-order valence-electron chi connectivity index (χ1n) is 12.0. The number of H-pyrrole nitrogens is 1. The van der Waals surface area contributed by atoms with Crippen LogP contribution in [-0.2, 0) is 23.2 Å². The van der Waals surface area contributed by atoms with Gasteiger partial charge in [0.15, 0.2) is 5.75 Å². The van der Waals surface area contributed by atoms with Crippen molar-refractivity contribution in [2.75, 3.05) is 25.2 Å². The fourth-order valence-electron chi connectivity index (χ4n) is 4.60. The smallest absolute Gasteiger partial charge is 0.414 e. The number of carbonyl (C=O) groups excluding carboxylic acids is 2. The SMILES string of the molecule is COc1c(N2CCCOC2=O)cc2c(c1Br)CN(C(=O)c1c(Sc3c(Cl)cccc3Cl)cc(C(F)(F)Cl)[nH]c1=O)C2. The van der Waals surface area contributed by atoms with Crippen molar-refractivity contribution >= 4 is 80.2 Å². The number of rotatable bonds is 6. The fraction of sp³-hybridized carbons (Fsp3) is 0.269. The van der Waals surface area contributed by atoms with Crippen molar-refractivity contribution in [1.82, 2.24) is 9.88 Å². The van der Waals surface area contributed by atoms with Crippen LogP contribution in [0.5, 0.6) is 5.75 Å². The summed E-state index contributed by atoms with van der Waals surface area (Å²) < 4.78 is 39.4. The van der Waals surface area contributed by atoms with Gasteiger partial charge in [0.25, 0.3) is 11.5 Å². The van der Waals surface area contributed by atoms with Crippen LogP contribution in [0.25, 0.3) is 0 Å². The number of hydrogen-bond donors (Lipinski definition) is 1. The number of pyridine rings is 1. The first-order valence-corrected chi connectivity index (χ1v) is 14.7. The Hall–Kier alpha value is -2.51. The molecule has 2 aliphatic rings. The Bertz CT molecular complexity index is 1620. The second-order valence-corrected chi connectivity index (χ2v) is 12.2. The van der Waals surface area contributed by atoms with Crippen molar-refractivity contribution in [3.05, 3.63) is 77.6 Å². The Morgan fingerprint density at radius 3 is 2.54 bits per heavy atom. The number of aromatic nitrogens is 1. The van der Waals surface area contributed by atoms with Gasteiger partial charge in [0.2, 0.25) is 0 Å². The summed E-state index contributed by atoms with van der Waals surface area (Å²) >= 11 is 22.1. The van der Waals surface area contributed by atoms with Gasteiger partial charge in [-0.15, -0.1) is 0 Å². The van der Waals surface area contributed by atoms with Crippen LogP contribution in [0.1, 0.15) is 33.6 Å². The van der Waals surface area contributed by atoms with E-state index in [9.17, 15) is 23.2 Å². The summed E-state index contributed by atoms with van der Waals surface area (Å²) in [7, 11) is 1.46. The van der Waals surface area contributed by atoms with Crippen LogP contribution in [0, 0.1) is 0 Å². The molecule has 1 fully saturated rings. The summed E-state index contributed by atoms with van der Waals surface area (Å²) in [6, 6.07) is 7.36. The zero-order valence-electron chi connectivity index (χ0n) is 21.0. The highest BCUT2D eigenvalue weighted by molar-refractivity contribution is 9.10. The Morgan fingerprint density at radius 2 is 1.90 bits per heavy atom. The van der Waals surface area contributed by atoms with Crippen molar-refractivity contribution in [3.63, 3.8) is 0 Å². The summed E-state index contributed by atoms with van der Waals surface area (Å²) in [6.07, 6.45) is 0.111. The number of benzene rings is 2. The van der Waals surface area contributed by atoms with E-state index in [0.717, 1.165) is 17.8 Å². The molecule has 0 spiro atoms. The van der Waals surface area contributed by atoms with Crippen molar-refractivity contribution in [1.29, 1.82) is 0 Å². The number of alkyl halides is 3. The highest BCUT2D eigenvalue weighted by atomic mass is 79.9. The molecule has 0 unspecified atom stereocenters. The maximum Gasteiger partial charge on any atom is 0.414 e. The van der Waals surface area contributed by atoms with Gasteiger partial charge < -0.3 is 19.4 Å². The van der Waals surface area contributed by atoms with Crippen LogP contribution < -0.4 is 15.2 Å². The molecule has 8 nitrogen and oxygen atoms in total. The average Bonchev–Trinajstić information content (AvgIpc) is 3.35. The molecule has 41 heavy (non-hydrogen) atoms. The topological polar surface area (TPSA) is 91.9 Å². The van der Waals surface area contributed by atoms with Crippen LogP contribution in [0.4, 0.5) is 19.3 Å². The number of hydrogen-bond acceptors (Lipinski definition) is 6. The van der Waals surface area contributed by atoms with Gasteiger partial charge in [-0.3, -0.25) is 14.5 Å². The molecule has 2 aromatic carbocycles. The molecule has 1 aromatic heterocycles. The van der Waals surface area contributed by atoms with Gasteiger partial charge in [-0.25, -0.2) is 4.79 Å². The third-order valence-electron chi connectivity index (χ3n) is 6.51. The normalized spacial score (nSPS) is 15.1. The number of amides is 2. The van der Waals surface area contributed by atoms with Crippen molar-refractivity contribution in [3.8, 4) is 5.75 Å². The van der Waals surface area contributed by atoms with Crippen LogP contribution in [0.15, 0.2) is 49.4 Å². The fourth-order valence-corrected chi connectivity index (χ4v) is 7.09. The first kappa shape index (κ1) is 30.0. The predicted molar refractivity (Wildman–Crippen MR) is 155 cm³/mol. The third kappa shape index (κ3) is 5.77. The number of nitrogens with zero attached hydrogens (tertiary/aromatic N) is 2. The summed E-state index contributed by atoms with van der Waals surface area (Å²) in [5, 5.41) is -3.50. The number of aromatic amines is 1. The Kier molecular flexibility index (Phi) is 8.51. The summed E-state index contributed by atoms with van der Waals surface area (Å²) in [5.41, 5.74) is -0.458.